The summed E-state index contributed by atoms with van der Waals surface area (Å²) in [5.74, 6) is 0.831. The molecule has 0 bridgehead atoms. The van der Waals surface area contributed by atoms with E-state index in [1.165, 1.54) is 11.1 Å². The first-order chi connectivity index (χ1) is 9.78. The van der Waals surface area contributed by atoms with Gasteiger partial charge in [-0.05, 0) is 37.1 Å². The highest BCUT2D eigenvalue weighted by molar-refractivity contribution is 5.34. The van der Waals surface area contributed by atoms with Gasteiger partial charge < -0.3 is 10.1 Å². The van der Waals surface area contributed by atoms with E-state index in [1.807, 2.05) is 19.3 Å². The quantitative estimate of drug-likeness (QED) is 0.875. The molecule has 0 saturated carbocycles. The number of aromatic nitrogens is 1. The van der Waals surface area contributed by atoms with Gasteiger partial charge in [0.15, 0.2) is 0 Å². The van der Waals surface area contributed by atoms with E-state index in [4.69, 9.17) is 4.74 Å². The van der Waals surface area contributed by atoms with E-state index in [2.05, 4.69) is 41.5 Å². The first-order valence-electron chi connectivity index (χ1n) is 7.01. The summed E-state index contributed by atoms with van der Waals surface area (Å²) < 4.78 is 5.40. The molecule has 0 fully saturated rings. The van der Waals surface area contributed by atoms with Crippen molar-refractivity contribution >= 4 is 0 Å². The summed E-state index contributed by atoms with van der Waals surface area (Å²) in [6.45, 7) is 2.17. The molecule has 0 aliphatic carbocycles. The third-order valence-electron chi connectivity index (χ3n) is 3.63. The predicted octanol–water partition coefficient (Wildman–Crippen LogP) is 3.16. The summed E-state index contributed by atoms with van der Waals surface area (Å²) in [7, 11) is 3.66. The highest BCUT2D eigenvalue weighted by Gasteiger charge is 2.14. The first kappa shape index (κ1) is 14.5. The molecule has 0 amide bonds. The van der Waals surface area contributed by atoms with Crippen molar-refractivity contribution < 1.29 is 4.74 Å². The van der Waals surface area contributed by atoms with Crippen LogP contribution in [0, 0.1) is 0 Å². The third kappa shape index (κ3) is 3.36. The maximum Gasteiger partial charge on any atom is 0.141 e. The van der Waals surface area contributed by atoms with Crippen molar-refractivity contribution in [2.45, 2.75) is 25.8 Å². The zero-order valence-electron chi connectivity index (χ0n) is 12.4. The standard InChI is InChI=1S/C17H22N2O/c1-4-13-5-7-14(8-6-13)11-16(18-2)15-9-10-19-12-17(15)20-3/h5-10,12,16,18H,4,11H2,1-3H3. The molecule has 0 radical (unpaired) electrons. The SMILES string of the molecule is CCc1ccc(CC(NC)c2ccncc2OC)cc1. The van der Waals surface area contributed by atoms with E-state index >= 15 is 0 Å². The molecule has 3 heteroatoms. The van der Waals surface area contributed by atoms with E-state index in [0.29, 0.717) is 0 Å². The van der Waals surface area contributed by atoms with Gasteiger partial charge >= 0.3 is 0 Å². The fourth-order valence-electron chi connectivity index (χ4n) is 2.36. The van der Waals surface area contributed by atoms with Gasteiger partial charge in [0, 0.05) is 17.8 Å². The molecule has 0 spiro atoms. The summed E-state index contributed by atoms with van der Waals surface area (Å²) in [6.07, 6.45) is 5.58. The van der Waals surface area contributed by atoms with Crippen LogP contribution >= 0.6 is 0 Å². The van der Waals surface area contributed by atoms with Crippen LogP contribution in [0.25, 0.3) is 0 Å². The van der Waals surface area contributed by atoms with Crippen LogP contribution in [-0.2, 0) is 12.8 Å². The number of nitrogens with one attached hydrogen (secondary N) is 1. The van der Waals surface area contributed by atoms with Crippen LogP contribution in [0.4, 0.5) is 0 Å². The topological polar surface area (TPSA) is 34.2 Å². The van der Waals surface area contributed by atoms with E-state index < -0.39 is 0 Å². The molecule has 1 heterocycles. The minimum absolute atomic E-state index is 0.223. The van der Waals surface area contributed by atoms with Gasteiger partial charge in [0.2, 0.25) is 0 Å². The number of nitrogens with zero attached hydrogens (tertiary/aromatic N) is 1. The smallest absolute Gasteiger partial charge is 0.141 e. The lowest BCUT2D eigenvalue weighted by Gasteiger charge is -2.19. The highest BCUT2D eigenvalue weighted by Crippen LogP contribution is 2.26. The monoisotopic (exact) mass is 270 g/mol. The van der Waals surface area contributed by atoms with Crippen LogP contribution in [0.2, 0.25) is 0 Å². The average Bonchev–Trinajstić information content (AvgIpc) is 2.53. The van der Waals surface area contributed by atoms with Crippen LogP contribution in [-0.4, -0.2) is 19.1 Å². The maximum atomic E-state index is 5.40. The van der Waals surface area contributed by atoms with Gasteiger partial charge in [-0.15, -0.1) is 0 Å². The van der Waals surface area contributed by atoms with Crippen molar-refractivity contribution in [1.29, 1.82) is 0 Å². The molecule has 106 valence electrons. The fraction of sp³-hybridized carbons (Fsp3) is 0.353. The van der Waals surface area contributed by atoms with Gasteiger partial charge in [0.1, 0.15) is 5.75 Å². The Bertz CT molecular complexity index is 537. The lowest BCUT2D eigenvalue weighted by Crippen LogP contribution is -2.19. The van der Waals surface area contributed by atoms with Gasteiger partial charge in [-0.1, -0.05) is 31.2 Å². The fourth-order valence-corrected chi connectivity index (χ4v) is 2.36. The average molecular weight is 270 g/mol. The normalized spacial score (nSPS) is 12.2. The number of aryl methyl sites for hydroxylation is 1. The van der Waals surface area contributed by atoms with Crippen LogP contribution in [0.5, 0.6) is 5.75 Å². The van der Waals surface area contributed by atoms with Gasteiger partial charge in [0.05, 0.1) is 13.3 Å². The highest BCUT2D eigenvalue weighted by atomic mass is 16.5. The predicted molar refractivity (Wildman–Crippen MR) is 82.1 cm³/mol. The first-order valence-corrected chi connectivity index (χ1v) is 7.01. The molecule has 0 aliphatic rings. The summed E-state index contributed by atoms with van der Waals surface area (Å²) in [6, 6.07) is 11.0. The molecular weight excluding hydrogens is 248 g/mol. The Hall–Kier alpha value is -1.87. The number of benzene rings is 1. The van der Waals surface area contributed by atoms with Crippen LogP contribution < -0.4 is 10.1 Å². The molecule has 1 aromatic carbocycles. The lowest BCUT2D eigenvalue weighted by atomic mass is 9.98. The van der Waals surface area contributed by atoms with Crippen LogP contribution in [0.3, 0.4) is 0 Å². The van der Waals surface area contributed by atoms with Gasteiger partial charge in [-0.3, -0.25) is 4.98 Å². The molecule has 2 rings (SSSR count). The van der Waals surface area contributed by atoms with E-state index in [-0.39, 0.29) is 6.04 Å². The maximum absolute atomic E-state index is 5.40. The number of rotatable bonds is 6. The number of methoxy groups -OCH3 is 1. The molecule has 0 aliphatic heterocycles. The van der Waals surface area contributed by atoms with Crippen molar-refractivity contribution in [3.8, 4) is 5.75 Å². The zero-order valence-corrected chi connectivity index (χ0v) is 12.4. The molecule has 1 atom stereocenters. The van der Waals surface area contributed by atoms with E-state index in [1.54, 1.807) is 13.3 Å². The van der Waals surface area contributed by atoms with Gasteiger partial charge in [-0.25, -0.2) is 0 Å². The molecule has 1 N–H and O–H groups in total. The van der Waals surface area contributed by atoms with Gasteiger partial charge in [0.25, 0.3) is 0 Å². The van der Waals surface area contributed by atoms with Crippen molar-refractivity contribution in [3.05, 3.63) is 59.4 Å². The Morgan fingerprint density at radius 3 is 2.45 bits per heavy atom. The van der Waals surface area contributed by atoms with E-state index in [9.17, 15) is 0 Å². The minimum Gasteiger partial charge on any atom is -0.495 e. The zero-order chi connectivity index (χ0) is 14.4. The summed E-state index contributed by atoms with van der Waals surface area (Å²) >= 11 is 0. The molecular formula is C17H22N2O. The van der Waals surface area contributed by atoms with Crippen molar-refractivity contribution in [1.82, 2.24) is 10.3 Å². The second kappa shape index (κ2) is 7.06. The second-order valence-electron chi connectivity index (χ2n) is 4.83. The Labute approximate surface area is 121 Å². The number of likely N-dealkylation sites (N-methyl/N-ethyl adjacent to an activating group) is 1. The molecule has 0 saturated heterocycles. The van der Waals surface area contributed by atoms with Crippen LogP contribution in [0.15, 0.2) is 42.7 Å². The Kier molecular flexibility index (Phi) is 5.13. The number of hydrogen-bond donors (Lipinski definition) is 1. The largest absolute Gasteiger partial charge is 0.495 e. The summed E-state index contributed by atoms with van der Waals surface area (Å²) in [4.78, 5) is 4.11. The Balaban J connectivity index is 2.19. The number of ether oxygens (including phenoxy) is 1. The summed E-state index contributed by atoms with van der Waals surface area (Å²) in [5.41, 5.74) is 3.83. The molecule has 1 aromatic heterocycles. The minimum atomic E-state index is 0.223. The third-order valence-corrected chi connectivity index (χ3v) is 3.63. The summed E-state index contributed by atoms with van der Waals surface area (Å²) in [5, 5.41) is 3.36. The number of hydrogen-bond acceptors (Lipinski definition) is 3. The molecule has 2 aromatic rings. The molecule has 3 nitrogen and oxygen atoms in total. The van der Waals surface area contributed by atoms with Crippen molar-refractivity contribution in [2.75, 3.05) is 14.2 Å². The van der Waals surface area contributed by atoms with Crippen LogP contribution in [0.1, 0.15) is 29.7 Å². The van der Waals surface area contributed by atoms with Crippen molar-refractivity contribution in [3.63, 3.8) is 0 Å². The molecule has 20 heavy (non-hydrogen) atoms. The Morgan fingerprint density at radius 2 is 1.85 bits per heavy atom. The van der Waals surface area contributed by atoms with E-state index in [0.717, 1.165) is 24.2 Å². The second-order valence-corrected chi connectivity index (χ2v) is 4.83. The lowest BCUT2D eigenvalue weighted by molar-refractivity contribution is 0.399. The molecule has 1 unspecified atom stereocenters. The van der Waals surface area contributed by atoms with Gasteiger partial charge in [-0.2, -0.15) is 0 Å². The number of pyridine rings is 1. The van der Waals surface area contributed by atoms with Crippen molar-refractivity contribution in [2.24, 2.45) is 0 Å². The Morgan fingerprint density at radius 1 is 1.15 bits per heavy atom.